The van der Waals surface area contributed by atoms with Crippen LogP contribution in [0.2, 0.25) is 0 Å². The number of hydrogen-bond donors (Lipinski definition) is 1. The average Bonchev–Trinajstić information content (AvgIpc) is 1.79. The highest BCUT2D eigenvalue weighted by Gasteiger charge is 2.58. The predicted molar refractivity (Wildman–Crippen MR) is 30.1 cm³/mol. The quantitative estimate of drug-likeness (QED) is 0.712. The van der Waals surface area contributed by atoms with Crippen LogP contribution >= 0.6 is 0 Å². The third kappa shape index (κ3) is 4.33. The summed E-state index contributed by atoms with van der Waals surface area (Å²) in [5.74, 6) is -5.24. The van der Waals surface area contributed by atoms with Gasteiger partial charge in [0.25, 0.3) is 0 Å². The normalized spacial score (nSPS) is 14.6. The first-order chi connectivity index (χ1) is 5.46. The lowest BCUT2D eigenvalue weighted by molar-refractivity contribution is -0.289. The Balaban J connectivity index is 4.38. The number of hydrogen-bond acceptors (Lipinski definition) is 3. The summed E-state index contributed by atoms with van der Waals surface area (Å²) in [4.78, 5) is 0. The molecular formula is C3H4F5NO3S. The predicted octanol–water partition coefficient (Wildman–Crippen LogP) is 0.404. The van der Waals surface area contributed by atoms with E-state index in [1.807, 2.05) is 0 Å². The highest BCUT2D eigenvalue weighted by Crippen LogP contribution is 2.35. The van der Waals surface area contributed by atoms with Gasteiger partial charge < -0.3 is 0 Å². The van der Waals surface area contributed by atoms with Crippen LogP contribution in [0.4, 0.5) is 22.0 Å². The Morgan fingerprint density at radius 2 is 1.54 bits per heavy atom. The minimum absolute atomic E-state index is 2.35. The molecule has 0 fully saturated rings. The van der Waals surface area contributed by atoms with Crippen LogP contribution in [0.3, 0.4) is 0 Å². The van der Waals surface area contributed by atoms with Gasteiger partial charge >= 0.3 is 22.4 Å². The van der Waals surface area contributed by atoms with Crippen LogP contribution in [-0.4, -0.2) is 27.1 Å². The zero-order valence-electron chi connectivity index (χ0n) is 5.81. The molecule has 0 bridgehead atoms. The van der Waals surface area contributed by atoms with Crippen molar-refractivity contribution in [2.24, 2.45) is 5.14 Å². The molecule has 0 heterocycles. The fourth-order valence-electron chi connectivity index (χ4n) is 0.238. The highest BCUT2D eigenvalue weighted by molar-refractivity contribution is 7.84. The van der Waals surface area contributed by atoms with E-state index in [0.717, 1.165) is 0 Å². The molecule has 0 aromatic rings. The van der Waals surface area contributed by atoms with Crippen molar-refractivity contribution in [3.8, 4) is 0 Å². The first kappa shape index (κ1) is 12.5. The van der Waals surface area contributed by atoms with Crippen LogP contribution < -0.4 is 5.14 Å². The second-order valence-corrected chi connectivity index (χ2v) is 3.18. The van der Waals surface area contributed by atoms with Gasteiger partial charge in [-0.05, 0) is 0 Å². The topological polar surface area (TPSA) is 69.4 Å². The fourth-order valence-corrected chi connectivity index (χ4v) is 0.550. The molecule has 0 aromatic carbocycles. The molecule has 0 rings (SSSR count). The molecule has 0 spiro atoms. The Bertz CT molecular complexity index is 269. The van der Waals surface area contributed by atoms with Crippen LogP contribution in [0, 0.1) is 0 Å². The van der Waals surface area contributed by atoms with Gasteiger partial charge in [0.2, 0.25) is 0 Å². The van der Waals surface area contributed by atoms with Gasteiger partial charge in [-0.1, -0.05) is 0 Å². The van der Waals surface area contributed by atoms with E-state index in [0.29, 0.717) is 0 Å². The first-order valence-corrected chi connectivity index (χ1v) is 4.04. The largest absolute Gasteiger partial charge is 0.455 e. The van der Waals surface area contributed by atoms with E-state index in [9.17, 15) is 30.4 Å². The van der Waals surface area contributed by atoms with Crippen LogP contribution in [0.5, 0.6) is 0 Å². The summed E-state index contributed by atoms with van der Waals surface area (Å²) in [5.41, 5.74) is 0. The average molecular weight is 229 g/mol. The summed E-state index contributed by atoms with van der Waals surface area (Å²) < 4.78 is 80.6. The molecule has 10 heteroatoms. The Kier molecular flexibility index (Phi) is 3.22. The van der Waals surface area contributed by atoms with Crippen molar-refractivity contribution in [2.75, 3.05) is 6.61 Å². The third-order valence-corrected chi connectivity index (χ3v) is 1.27. The smallest absolute Gasteiger partial charge is 0.251 e. The number of nitrogens with two attached hydrogens (primary N) is 1. The molecule has 0 amide bonds. The molecule has 13 heavy (non-hydrogen) atoms. The monoisotopic (exact) mass is 229 g/mol. The van der Waals surface area contributed by atoms with Crippen molar-refractivity contribution in [1.82, 2.24) is 0 Å². The van der Waals surface area contributed by atoms with E-state index in [-0.39, 0.29) is 0 Å². The summed E-state index contributed by atoms with van der Waals surface area (Å²) in [6.07, 6.45) is -5.86. The Morgan fingerprint density at radius 1 is 1.15 bits per heavy atom. The Hall–Kier alpha value is -0.480. The minimum Gasteiger partial charge on any atom is -0.251 e. The standard InChI is InChI=1S/C3H4F5NO3S/c4-2(5,3(6,7)8)1-12-13(9,10)11/h1H2,(H2,9,10,11). The van der Waals surface area contributed by atoms with E-state index in [1.54, 1.807) is 0 Å². The summed E-state index contributed by atoms with van der Waals surface area (Å²) in [6, 6.07) is 0. The lowest BCUT2D eigenvalue weighted by Gasteiger charge is -2.18. The molecule has 0 saturated carbocycles. The molecule has 0 aliphatic rings. The van der Waals surface area contributed by atoms with Crippen molar-refractivity contribution in [3.05, 3.63) is 0 Å². The minimum atomic E-state index is -5.86. The van der Waals surface area contributed by atoms with Crippen molar-refractivity contribution >= 4 is 10.3 Å². The van der Waals surface area contributed by atoms with Gasteiger partial charge in [-0.15, -0.1) is 0 Å². The maximum atomic E-state index is 11.9. The fraction of sp³-hybridized carbons (Fsp3) is 1.00. The molecule has 0 aromatic heterocycles. The molecule has 0 aliphatic carbocycles. The molecule has 0 aliphatic heterocycles. The van der Waals surface area contributed by atoms with Gasteiger partial charge in [0.15, 0.2) is 0 Å². The van der Waals surface area contributed by atoms with Crippen molar-refractivity contribution in [3.63, 3.8) is 0 Å². The number of rotatable bonds is 3. The summed E-state index contributed by atoms with van der Waals surface area (Å²) in [5, 5.41) is 4.04. The summed E-state index contributed by atoms with van der Waals surface area (Å²) in [7, 11) is -4.80. The molecule has 2 N–H and O–H groups in total. The zero-order chi connectivity index (χ0) is 10.9. The van der Waals surface area contributed by atoms with E-state index in [2.05, 4.69) is 9.32 Å². The maximum absolute atomic E-state index is 11.9. The van der Waals surface area contributed by atoms with E-state index in [4.69, 9.17) is 0 Å². The van der Waals surface area contributed by atoms with Gasteiger partial charge in [-0.2, -0.15) is 30.4 Å². The van der Waals surface area contributed by atoms with E-state index < -0.39 is 29.0 Å². The van der Waals surface area contributed by atoms with E-state index >= 15 is 0 Å². The molecule has 0 atom stereocenters. The van der Waals surface area contributed by atoms with Gasteiger partial charge in [0, 0.05) is 0 Å². The summed E-state index contributed by atoms with van der Waals surface area (Å²) >= 11 is 0. The lowest BCUT2D eigenvalue weighted by Crippen LogP contribution is -2.42. The number of alkyl halides is 5. The molecule has 0 saturated heterocycles. The molecular weight excluding hydrogens is 225 g/mol. The maximum Gasteiger partial charge on any atom is 0.455 e. The second kappa shape index (κ2) is 3.35. The summed E-state index contributed by atoms with van der Waals surface area (Å²) in [6.45, 7) is -2.35. The van der Waals surface area contributed by atoms with Crippen molar-refractivity contribution < 1.29 is 34.6 Å². The molecule has 0 radical (unpaired) electrons. The van der Waals surface area contributed by atoms with Crippen molar-refractivity contribution in [1.29, 1.82) is 0 Å². The molecule has 4 nitrogen and oxygen atoms in total. The third-order valence-electron chi connectivity index (χ3n) is 0.819. The van der Waals surface area contributed by atoms with Crippen LogP contribution in [0.1, 0.15) is 0 Å². The lowest BCUT2D eigenvalue weighted by atomic mass is 10.3. The van der Waals surface area contributed by atoms with Crippen LogP contribution in [-0.2, 0) is 14.5 Å². The van der Waals surface area contributed by atoms with Gasteiger partial charge in [0.05, 0.1) is 0 Å². The Labute approximate surface area is 69.7 Å². The SMILES string of the molecule is NS(=O)(=O)OCC(F)(F)C(F)(F)F. The highest BCUT2D eigenvalue weighted by atomic mass is 32.2. The van der Waals surface area contributed by atoms with Gasteiger partial charge in [-0.25, -0.2) is 5.14 Å². The zero-order valence-corrected chi connectivity index (χ0v) is 6.62. The van der Waals surface area contributed by atoms with E-state index in [1.165, 1.54) is 0 Å². The first-order valence-electron chi connectivity index (χ1n) is 2.57. The van der Waals surface area contributed by atoms with Crippen LogP contribution in [0.25, 0.3) is 0 Å². The molecule has 0 unspecified atom stereocenters. The van der Waals surface area contributed by atoms with Gasteiger partial charge in [0.1, 0.15) is 6.61 Å². The Morgan fingerprint density at radius 3 is 1.77 bits per heavy atom. The second-order valence-electron chi connectivity index (χ2n) is 1.96. The molecule has 80 valence electrons. The van der Waals surface area contributed by atoms with Gasteiger partial charge in [-0.3, -0.25) is 4.18 Å². The number of halogens is 5. The van der Waals surface area contributed by atoms with Crippen molar-refractivity contribution in [2.45, 2.75) is 12.1 Å². The van der Waals surface area contributed by atoms with Crippen LogP contribution in [0.15, 0.2) is 0 Å².